The van der Waals surface area contributed by atoms with Crippen LogP contribution >= 0.6 is 0 Å². The molecule has 7 heteroatoms. The second kappa shape index (κ2) is 10.9. The van der Waals surface area contributed by atoms with Gasteiger partial charge in [0.25, 0.3) is 0 Å². The van der Waals surface area contributed by atoms with Crippen LogP contribution < -0.4 is 4.74 Å². The van der Waals surface area contributed by atoms with Crippen molar-refractivity contribution in [1.29, 1.82) is 0 Å². The molecule has 180 valence electrons. The molecule has 7 nitrogen and oxygen atoms in total. The summed E-state index contributed by atoms with van der Waals surface area (Å²) in [6.45, 7) is 1.85. The molecule has 0 aromatic heterocycles. The van der Waals surface area contributed by atoms with E-state index in [9.17, 15) is 14.4 Å². The first-order valence-electron chi connectivity index (χ1n) is 11.4. The quantitative estimate of drug-likeness (QED) is 0.330. The third-order valence-corrected chi connectivity index (χ3v) is 5.87. The standard InChI is InChI=1S/C28H27NO6/c1-19(30)17-20-11-13-21(14-12-20)35-28(32)33-16-15-29(2)27(31)34-18-26-24-9-5-3-7-22(24)23-8-4-6-10-25(23)26/h3-14,26H,15-18H2,1-2H3. The smallest absolute Gasteiger partial charge is 0.448 e. The van der Waals surface area contributed by atoms with E-state index < -0.39 is 12.2 Å². The molecule has 3 aromatic carbocycles. The molecule has 1 amide bonds. The molecule has 0 radical (unpaired) electrons. The molecular formula is C28H27NO6. The Kier molecular flexibility index (Phi) is 7.45. The van der Waals surface area contributed by atoms with E-state index in [-0.39, 0.29) is 31.5 Å². The number of nitrogens with zero attached hydrogens (tertiary/aromatic N) is 1. The molecule has 0 atom stereocenters. The third-order valence-electron chi connectivity index (χ3n) is 5.87. The molecule has 0 fully saturated rings. The predicted molar refractivity (Wildman–Crippen MR) is 131 cm³/mol. The SMILES string of the molecule is CC(=O)Cc1ccc(OC(=O)OCCN(C)C(=O)OCC2c3ccccc3-c3ccccc32)cc1. The van der Waals surface area contributed by atoms with Gasteiger partial charge in [-0.15, -0.1) is 0 Å². The molecule has 0 aliphatic heterocycles. The van der Waals surface area contributed by atoms with Crippen LogP contribution in [0, 0.1) is 0 Å². The maximum absolute atomic E-state index is 12.5. The Morgan fingerprint density at radius 2 is 1.43 bits per heavy atom. The second-order valence-electron chi connectivity index (χ2n) is 8.45. The fourth-order valence-corrected chi connectivity index (χ4v) is 4.15. The van der Waals surface area contributed by atoms with Gasteiger partial charge in [-0.3, -0.25) is 4.79 Å². The van der Waals surface area contributed by atoms with Crippen LogP contribution in [0.3, 0.4) is 0 Å². The number of carbonyl (C=O) groups is 3. The van der Waals surface area contributed by atoms with Crippen molar-refractivity contribution in [2.75, 3.05) is 26.8 Å². The molecule has 1 aliphatic carbocycles. The summed E-state index contributed by atoms with van der Waals surface area (Å²) < 4.78 is 15.8. The lowest BCUT2D eigenvalue weighted by Gasteiger charge is -2.19. The lowest BCUT2D eigenvalue weighted by atomic mass is 9.98. The van der Waals surface area contributed by atoms with E-state index in [4.69, 9.17) is 14.2 Å². The molecule has 1 aliphatic rings. The number of ether oxygens (including phenoxy) is 3. The monoisotopic (exact) mass is 473 g/mol. The summed E-state index contributed by atoms with van der Waals surface area (Å²) in [6.07, 6.45) is -1.04. The van der Waals surface area contributed by atoms with Crippen LogP contribution in [0.5, 0.6) is 5.75 Å². The molecule has 0 unspecified atom stereocenters. The summed E-state index contributed by atoms with van der Waals surface area (Å²) in [5, 5.41) is 0. The van der Waals surface area contributed by atoms with Crippen molar-refractivity contribution in [2.24, 2.45) is 0 Å². The highest BCUT2D eigenvalue weighted by molar-refractivity contribution is 5.79. The number of ketones is 1. The summed E-state index contributed by atoms with van der Waals surface area (Å²) in [5.41, 5.74) is 5.45. The van der Waals surface area contributed by atoms with Gasteiger partial charge in [0.2, 0.25) is 0 Å². The molecule has 4 rings (SSSR count). The highest BCUT2D eigenvalue weighted by Crippen LogP contribution is 2.44. The fraction of sp³-hybridized carbons (Fsp3) is 0.250. The molecular weight excluding hydrogens is 446 g/mol. The maximum atomic E-state index is 12.5. The van der Waals surface area contributed by atoms with E-state index in [0.717, 1.165) is 27.8 Å². The largest absolute Gasteiger partial charge is 0.513 e. The van der Waals surface area contributed by atoms with E-state index in [1.807, 2.05) is 24.3 Å². The Morgan fingerprint density at radius 3 is 2.03 bits per heavy atom. The van der Waals surface area contributed by atoms with E-state index in [1.165, 1.54) is 11.8 Å². The Hall–Kier alpha value is -4.13. The zero-order valence-electron chi connectivity index (χ0n) is 19.7. The zero-order valence-corrected chi connectivity index (χ0v) is 19.7. The number of hydrogen-bond acceptors (Lipinski definition) is 6. The van der Waals surface area contributed by atoms with Gasteiger partial charge in [-0.25, -0.2) is 9.59 Å². The van der Waals surface area contributed by atoms with Crippen LogP contribution in [0.1, 0.15) is 29.5 Å². The highest BCUT2D eigenvalue weighted by Gasteiger charge is 2.29. The van der Waals surface area contributed by atoms with E-state index in [2.05, 4.69) is 24.3 Å². The summed E-state index contributed by atoms with van der Waals surface area (Å²) >= 11 is 0. The molecule has 0 heterocycles. The van der Waals surface area contributed by atoms with Crippen LogP contribution in [0.4, 0.5) is 9.59 Å². The van der Waals surface area contributed by atoms with Crippen molar-refractivity contribution >= 4 is 18.0 Å². The van der Waals surface area contributed by atoms with Gasteiger partial charge in [0.1, 0.15) is 24.7 Å². The van der Waals surface area contributed by atoms with Crippen LogP contribution in [0.2, 0.25) is 0 Å². The number of likely N-dealkylation sites (N-methyl/N-ethyl adjacent to an activating group) is 1. The minimum atomic E-state index is -0.870. The predicted octanol–water partition coefficient (Wildman–Crippen LogP) is 5.21. The van der Waals surface area contributed by atoms with Crippen LogP contribution in [-0.4, -0.2) is 49.7 Å². The lowest BCUT2D eigenvalue weighted by molar-refractivity contribution is -0.116. The van der Waals surface area contributed by atoms with Crippen molar-refractivity contribution in [1.82, 2.24) is 4.90 Å². The number of hydrogen-bond donors (Lipinski definition) is 0. The zero-order chi connectivity index (χ0) is 24.8. The van der Waals surface area contributed by atoms with Crippen molar-refractivity contribution in [2.45, 2.75) is 19.3 Å². The van der Waals surface area contributed by atoms with Crippen molar-refractivity contribution in [3.05, 3.63) is 89.5 Å². The van der Waals surface area contributed by atoms with E-state index in [1.54, 1.807) is 31.3 Å². The molecule has 0 bridgehead atoms. The molecule has 3 aromatic rings. The fourth-order valence-electron chi connectivity index (χ4n) is 4.15. The topological polar surface area (TPSA) is 82.1 Å². The number of amides is 1. The number of carbonyl (C=O) groups excluding carboxylic acids is 3. The van der Waals surface area contributed by atoms with Gasteiger partial charge < -0.3 is 19.1 Å². The third kappa shape index (κ3) is 5.87. The van der Waals surface area contributed by atoms with Gasteiger partial charge in [-0.05, 0) is 46.9 Å². The van der Waals surface area contributed by atoms with Crippen LogP contribution in [0.25, 0.3) is 11.1 Å². The molecule has 35 heavy (non-hydrogen) atoms. The average molecular weight is 474 g/mol. The summed E-state index contributed by atoms with van der Waals surface area (Å²) in [4.78, 5) is 37.0. The molecule has 0 spiro atoms. The Bertz CT molecular complexity index is 1170. The van der Waals surface area contributed by atoms with Crippen molar-refractivity contribution in [3.8, 4) is 16.9 Å². The van der Waals surface area contributed by atoms with Gasteiger partial charge in [0.05, 0.1) is 6.54 Å². The molecule has 0 saturated heterocycles. The van der Waals surface area contributed by atoms with Gasteiger partial charge in [0, 0.05) is 19.4 Å². The van der Waals surface area contributed by atoms with E-state index >= 15 is 0 Å². The molecule has 0 N–H and O–H groups in total. The maximum Gasteiger partial charge on any atom is 0.513 e. The van der Waals surface area contributed by atoms with Crippen LogP contribution in [-0.2, 0) is 20.7 Å². The molecule has 0 saturated carbocycles. The minimum absolute atomic E-state index is 0.0205. The first kappa shape index (κ1) is 24.0. The first-order valence-corrected chi connectivity index (χ1v) is 11.4. The normalized spacial score (nSPS) is 11.8. The van der Waals surface area contributed by atoms with Gasteiger partial charge in [-0.1, -0.05) is 60.7 Å². The summed E-state index contributed by atoms with van der Waals surface area (Å²) in [5.74, 6) is 0.346. The average Bonchev–Trinajstić information content (AvgIpc) is 3.17. The number of fused-ring (bicyclic) bond motifs is 3. The second-order valence-corrected chi connectivity index (χ2v) is 8.45. The Labute approximate surface area is 204 Å². The number of benzene rings is 3. The van der Waals surface area contributed by atoms with Gasteiger partial charge in [0.15, 0.2) is 0 Å². The summed E-state index contributed by atoms with van der Waals surface area (Å²) in [6, 6.07) is 22.9. The Balaban J connectivity index is 1.22. The van der Waals surface area contributed by atoms with Gasteiger partial charge in [-0.2, -0.15) is 0 Å². The highest BCUT2D eigenvalue weighted by atomic mass is 16.7. The Morgan fingerprint density at radius 1 is 0.829 bits per heavy atom. The van der Waals surface area contributed by atoms with Gasteiger partial charge >= 0.3 is 12.2 Å². The minimum Gasteiger partial charge on any atom is -0.448 e. The first-order chi connectivity index (χ1) is 16.9. The van der Waals surface area contributed by atoms with Crippen molar-refractivity contribution < 1.29 is 28.6 Å². The lowest BCUT2D eigenvalue weighted by Crippen LogP contribution is -2.32. The number of rotatable bonds is 8. The van der Waals surface area contributed by atoms with Crippen LogP contribution in [0.15, 0.2) is 72.8 Å². The van der Waals surface area contributed by atoms with E-state index in [0.29, 0.717) is 12.2 Å². The summed E-state index contributed by atoms with van der Waals surface area (Å²) in [7, 11) is 1.58. The number of Topliss-reactive ketones (excluding diaryl/α,β-unsaturated/α-hetero) is 1. The van der Waals surface area contributed by atoms with Crippen molar-refractivity contribution in [3.63, 3.8) is 0 Å².